The molecular formula is C32H38F4O4. The van der Waals surface area contributed by atoms with Crippen molar-refractivity contribution >= 4 is 0 Å². The SMILES string of the molecule is COc1cc(C(C)(C)c2c(F)cccc2OC)cc(OCCOc2cccc(C(F)(F)F)c2C(C)C)c1C(C)C. The number of hydrogen-bond acceptors (Lipinski definition) is 4. The average Bonchev–Trinajstić information content (AvgIpc) is 2.89. The van der Waals surface area contributed by atoms with E-state index in [-0.39, 0.29) is 36.4 Å². The molecule has 0 amide bonds. The van der Waals surface area contributed by atoms with Crippen LogP contribution in [-0.2, 0) is 11.6 Å². The van der Waals surface area contributed by atoms with Gasteiger partial charge >= 0.3 is 6.18 Å². The van der Waals surface area contributed by atoms with E-state index in [1.54, 1.807) is 33.1 Å². The van der Waals surface area contributed by atoms with Crippen LogP contribution in [0.2, 0.25) is 0 Å². The fraction of sp³-hybridized carbons (Fsp3) is 0.438. The van der Waals surface area contributed by atoms with Gasteiger partial charge in [0.15, 0.2) is 0 Å². The lowest BCUT2D eigenvalue weighted by Gasteiger charge is -2.30. The lowest BCUT2D eigenvalue weighted by molar-refractivity contribution is -0.138. The van der Waals surface area contributed by atoms with Crippen molar-refractivity contribution in [3.63, 3.8) is 0 Å². The summed E-state index contributed by atoms with van der Waals surface area (Å²) in [5.41, 5.74) is 0.556. The number of alkyl halides is 3. The molecule has 0 aromatic heterocycles. The molecule has 3 aromatic carbocycles. The smallest absolute Gasteiger partial charge is 0.416 e. The van der Waals surface area contributed by atoms with Gasteiger partial charge in [-0.2, -0.15) is 13.2 Å². The minimum absolute atomic E-state index is 0.0235. The van der Waals surface area contributed by atoms with E-state index in [0.717, 1.165) is 17.2 Å². The summed E-state index contributed by atoms with van der Waals surface area (Å²) in [6, 6.07) is 12.4. The molecule has 4 nitrogen and oxygen atoms in total. The van der Waals surface area contributed by atoms with Crippen LogP contribution in [0.4, 0.5) is 17.6 Å². The lowest BCUT2D eigenvalue weighted by Crippen LogP contribution is -2.22. The van der Waals surface area contributed by atoms with Gasteiger partial charge in [-0.3, -0.25) is 0 Å². The van der Waals surface area contributed by atoms with Gasteiger partial charge in [-0.1, -0.05) is 53.7 Å². The number of halogens is 4. The molecule has 0 bridgehead atoms. The number of methoxy groups -OCH3 is 2. The fourth-order valence-electron chi connectivity index (χ4n) is 5.06. The third-order valence-corrected chi connectivity index (χ3v) is 6.99. The second-order valence-electron chi connectivity index (χ2n) is 10.8. The summed E-state index contributed by atoms with van der Waals surface area (Å²) in [6.45, 7) is 11.3. The largest absolute Gasteiger partial charge is 0.496 e. The summed E-state index contributed by atoms with van der Waals surface area (Å²) < 4.78 is 79.0. The topological polar surface area (TPSA) is 36.9 Å². The first kappa shape index (κ1) is 31.1. The van der Waals surface area contributed by atoms with E-state index in [0.29, 0.717) is 22.8 Å². The standard InChI is InChI=1S/C32H38F4O4/c1-19(2)28-22(32(34,35)36)11-9-13-24(28)39-15-16-40-27-18-21(17-26(38-8)29(27)20(3)4)31(5,6)30-23(33)12-10-14-25(30)37-7/h9-14,17-20H,15-16H2,1-8H3. The van der Waals surface area contributed by atoms with Gasteiger partial charge in [0.05, 0.1) is 19.8 Å². The summed E-state index contributed by atoms with van der Waals surface area (Å²) in [5, 5.41) is 0. The average molecular weight is 563 g/mol. The first-order chi connectivity index (χ1) is 18.7. The Balaban J connectivity index is 1.94. The Hall–Kier alpha value is -3.42. The maximum atomic E-state index is 15.1. The van der Waals surface area contributed by atoms with Crippen molar-refractivity contribution in [2.75, 3.05) is 27.4 Å². The van der Waals surface area contributed by atoms with Crippen molar-refractivity contribution in [2.24, 2.45) is 0 Å². The first-order valence-electron chi connectivity index (χ1n) is 13.2. The highest BCUT2D eigenvalue weighted by Crippen LogP contribution is 2.45. The van der Waals surface area contributed by atoms with E-state index in [1.165, 1.54) is 25.3 Å². The molecule has 0 N–H and O–H groups in total. The molecule has 3 aromatic rings. The third-order valence-electron chi connectivity index (χ3n) is 6.99. The number of hydrogen-bond donors (Lipinski definition) is 0. The molecule has 3 rings (SSSR count). The summed E-state index contributed by atoms with van der Waals surface area (Å²) in [6.07, 6.45) is -4.48. The van der Waals surface area contributed by atoms with Crippen LogP contribution in [0.15, 0.2) is 48.5 Å². The van der Waals surface area contributed by atoms with Gasteiger partial charge < -0.3 is 18.9 Å². The van der Waals surface area contributed by atoms with Gasteiger partial charge in [-0.15, -0.1) is 0 Å². The van der Waals surface area contributed by atoms with E-state index in [9.17, 15) is 13.2 Å². The summed E-state index contributed by atoms with van der Waals surface area (Å²) in [4.78, 5) is 0. The molecule has 8 heteroatoms. The van der Waals surface area contributed by atoms with Crippen molar-refractivity contribution in [1.29, 1.82) is 0 Å². The van der Waals surface area contributed by atoms with Crippen LogP contribution < -0.4 is 18.9 Å². The number of ether oxygens (including phenoxy) is 4. The van der Waals surface area contributed by atoms with Crippen LogP contribution in [0.5, 0.6) is 23.0 Å². The highest BCUT2D eigenvalue weighted by atomic mass is 19.4. The van der Waals surface area contributed by atoms with Crippen molar-refractivity contribution in [3.05, 3.63) is 82.2 Å². The van der Waals surface area contributed by atoms with Crippen molar-refractivity contribution in [1.82, 2.24) is 0 Å². The number of rotatable bonds is 11. The fourth-order valence-corrected chi connectivity index (χ4v) is 5.06. The Morgan fingerprint density at radius 3 is 1.77 bits per heavy atom. The second kappa shape index (κ2) is 12.4. The molecule has 0 saturated heterocycles. The minimum Gasteiger partial charge on any atom is -0.496 e. The molecule has 0 aliphatic heterocycles. The Morgan fingerprint density at radius 2 is 1.23 bits per heavy atom. The van der Waals surface area contributed by atoms with Crippen LogP contribution in [0.25, 0.3) is 0 Å². The second-order valence-corrected chi connectivity index (χ2v) is 10.8. The maximum Gasteiger partial charge on any atom is 0.416 e. The van der Waals surface area contributed by atoms with E-state index in [2.05, 4.69) is 0 Å². The van der Waals surface area contributed by atoms with Crippen molar-refractivity contribution in [2.45, 2.75) is 65.0 Å². The van der Waals surface area contributed by atoms with E-state index >= 15 is 4.39 Å². The van der Waals surface area contributed by atoms with Gasteiger partial charge in [-0.25, -0.2) is 4.39 Å². The van der Waals surface area contributed by atoms with E-state index in [4.69, 9.17) is 18.9 Å². The van der Waals surface area contributed by atoms with Crippen LogP contribution in [0.3, 0.4) is 0 Å². The van der Waals surface area contributed by atoms with Gasteiger partial charge in [-0.05, 0) is 53.8 Å². The summed E-state index contributed by atoms with van der Waals surface area (Å²) in [7, 11) is 3.07. The maximum absolute atomic E-state index is 15.1. The quantitative estimate of drug-likeness (QED) is 0.173. The minimum atomic E-state index is -4.48. The van der Waals surface area contributed by atoms with Gasteiger partial charge in [0.25, 0.3) is 0 Å². The highest BCUT2D eigenvalue weighted by Gasteiger charge is 2.35. The van der Waals surface area contributed by atoms with Gasteiger partial charge in [0.1, 0.15) is 42.0 Å². The Labute approximate surface area is 234 Å². The molecule has 0 heterocycles. The molecule has 40 heavy (non-hydrogen) atoms. The predicted molar refractivity (Wildman–Crippen MR) is 149 cm³/mol. The molecule has 0 aliphatic rings. The Morgan fingerprint density at radius 1 is 0.700 bits per heavy atom. The summed E-state index contributed by atoms with van der Waals surface area (Å²) in [5.74, 6) is 0.971. The molecule has 0 fully saturated rings. The van der Waals surface area contributed by atoms with Gasteiger partial charge in [0.2, 0.25) is 0 Å². The molecular weight excluding hydrogens is 524 g/mol. The van der Waals surface area contributed by atoms with Crippen LogP contribution >= 0.6 is 0 Å². The predicted octanol–water partition coefficient (Wildman–Crippen LogP) is 8.89. The highest BCUT2D eigenvalue weighted by molar-refractivity contribution is 5.55. The number of benzene rings is 3. The molecule has 0 aliphatic carbocycles. The van der Waals surface area contributed by atoms with Crippen molar-refractivity contribution < 1.29 is 36.5 Å². The van der Waals surface area contributed by atoms with Crippen LogP contribution in [-0.4, -0.2) is 27.4 Å². The molecule has 0 saturated carbocycles. The molecule has 0 radical (unpaired) electrons. The zero-order valence-electron chi connectivity index (χ0n) is 24.3. The van der Waals surface area contributed by atoms with Gasteiger partial charge in [0, 0.05) is 22.1 Å². The van der Waals surface area contributed by atoms with E-state index < -0.39 is 23.0 Å². The molecule has 0 atom stereocenters. The molecule has 218 valence electrons. The Kier molecular flexibility index (Phi) is 9.64. The van der Waals surface area contributed by atoms with Crippen LogP contribution in [0.1, 0.15) is 81.2 Å². The molecule has 0 spiro atoms. The zero-order chi connectivity index (χ0) is 29.8. The first-order valence-corrected chi connectivity index (χ1v) is 13.2. The van der Waals surface area contributed by atoms with Crippen LogP contribution in [0, 0.1) is 5.82 Å². The normalized spacial score (nSPS) is 12.2. The molecule has 0 unspecified atom stereocenters. The van der Waals surface area contributed by atoms with Crippen molar-refractivity contribution in [3.8, 4) is 23.0 Å². The lowest BCUT2D eigenvalue weighted by atomic mass is 9.76. The third kappa shape index (κ3) is 6.48. The summed E-state index contributed by atoms with van der Waals surface area (Å²) >= 11 is 0. The monoisotopic (exact) mass is 562 g/mol. The zero-order valence-corrected chi connectivity index (χ0v) is 24.3. The van der Waals surface area contributed by atoms with E-state index in [1.807, 2.05) is 39.8 Å². The Bertz CT molecular complexity index is 1310.